The normalized spacial score (nSPS) is 19.1. The van der Waals surface area contributed by atoms with Crippen LogP contribution in [0.2, 0.25) is 10.5 Å². The third-order valence-corrected chi connectivity index (χ3v) is 7.58. The Bertz CT molecular complexity index is 644. The molecule has 0 radical (unpaired) electrons. The summed E-state index contributed by atoms with van der Waals surface area (Å²) >= 11 is -1.30. The van der Waals surface area contributed by atoms with Gasteiger partial charge in [0.15, 0.2) is 0 Å². The molecule has 1 aromatic carbocycles. The Hall–Kier alpha value is -0.319. The zero-order chi connectivity index (χ0) is 15.8. The van der Waals surface area contributed by atoms with E-state index < -0.39 is 17.9 Å². The molecular formula is C18H28Cl2NOSiTi. The van der Waals surface area contributed by atoms with Crippen molar-refractivity contribution >= 4 is 16.9 Å². The second-order valence-electron chi connectivity index (χ2n) is 6.20. The molecule has 2 nitrogen and oxygen atoms in total. The molecule has 24 heavy (non-hydrogen) atoms. The number of hydrogen-bond acceptors (Lipinski definition) is 1. The van der Waals surface area contributed by atoms with Gasteiger partial charge in [-0.15, -0.1) is 0 Å². The summed E-state index contributed by atoms with van der Waals surface area (Å²) < 4.78 is 1.49. The zero-order valence-corrected chi connectivity index (χ0v) is 17.6. The quantitative estimate of drug-likeness (QED) is 0.521. The van der Waals surface area contributed by atoms with Gasteiger partial charge in [-0.25, -0.2) is 0 Å². The standard InChI is InChI=1S/C16H18NO.2CH3.2ClH.H4Si.Ti/c1-11-10-16(4,13(3)12(11)2)17-15(18)14-8-6-5-7-9-14;;;;;;/h5-9H,1-4H3,(H,17,18);2*1H3;2*1H;1H4;/q;;;;;;+2/p-2. The second-order valence-corrected chi connectivity index (χ2v) is 10.1. The van der Waals surface area contributed by atoms with E-state index >= 15 is 0 Å². The Morgan fingerprint density at radius 3 is 1.96 bits per heavy atom. The predicted octanol–water partition coefficient (Wildman–Crippen LogP) is -2.93. The minimum Gasteiger partial charge on any atom is -1.00 e. The summed E-state index contributed by atoms with van der Waals surface area (Å²) in [5, 5.41) is 8.02. The number of amides is 1. The summed E-state index contributed by atoms with van der Waals surface area (Å²) in [6.07, 6.45) is 0. The Morgan fingerprint density at radius 2 is 1.50 bits per heavy atom. The van der Waals surface area contributed by atoms with Gasteiger partial charge >= 0.3 is 134 Å². The largest absolute Gasteiger partial charge is 1.00 e. The fraction of sp³-hybridized carbons (Fsp3) is 0.389. The minimum absolute atomic E-state index is 0. The number of carbonyl (C=O) groups is 1. The average Bonchev–Trinajstić information content (AvgIpc) is 2.61. The van der Waals surface area contributed by atoms with Crippen LogP contribution in [0.3, 0.4) is 0 Å². The molecule has 6 heteroatoms. The first-order valence-corrected chi connectivity index (χ1v) is 11.3. The summed E-state index contributed by atoms with van der Waals surface area (Å²) in [5.74, 6) is 0.0110. The van der Waals surface area contributed by atoms with Gasteiger partial charge in [-0.2, -0.15) is 0 Å². The van der Waals surface area contributed by atoms with E-state index in [0.717, 1.165) is 5.56 Å². The molecule has 0 fully saturated rings. The van der Waals surface area contributed by atoms with Crippen LogP contribution in [0.1, 0.15) is 38.1 Å². The maximum absolute atomic E-state index is 12.6. The van der Waals surface area contributed by atoms with Gasteiger partial charge in [0, 0.05) is 0 Å². The number of carbonyl (C=O) groups excluding carboxylic acids is 1. The molecule has 0 heterocycles. The van der Waals surface area contributed by atoms with Gasteiger partial charge in [0.05, 0.1) is 0 Å². The van der Waals surface area contributed by atoms with Crippen LogP contribution in [0.4, 0.5) is 0 Å². The van der Waals surface area contributed by atoms with Crippen molar-refractivity contribution < 1.29 is 47.5 Å². The van der Waals surface area contributed by atoms with Gasteiger partial charge < -0.3 is 24.8 Å². The molecule has 1 atom stereocenters. The molecule has 0 aliphatic heterocycles. The van der Waals surface area contributed by atoms with E-state index in [0.29, 0.717) is 0 Å². The minimum atomic E-state index is -1.30. The smallest absolute Gasteiger partial charge is 0.0149 e. The van der Waals surface area contributed by atoms with Crippen molar-refractivity contribution in [2.45, 2.75) is 43.7 Å². The van der Waals surface area contributed by atoms with E-state index in [-0.39, 0.29) is 47.2 Å². The summed E-state index contributed by atoms with van der Waals surface area (Å²) in [6.45, 7) is 8.69. The number of allylic oxidation sites excluding steroid dienone is 2. The molecule has 1 unspecified atom stereocenters. The third kappa shape index (κ3) is 4.64. The average molecular weight is 421 g/mol. The molecule has 2 rings (SSSR count). The number of benzene rings is 1. The van der Waals surface area contributed by atoms with Crippen LogP contribution in [-0.2, 0) is 17.9 Å². The molecule has 0 saturated carbocycles. The van der Waals surface area contributed by atoms with Crippen LogP contribution in [0, 0.1) is 0 Å². The molecule has 133 valence electrons. The number of rotatable bonds is 3. The first kappa shape index (κ1) is 25.9. The van der Waals surface area contributed by atoms with Gasteiger partial charge in [-0.05, 0) is 11.0 Å². The van der Waals surface area contributed by atoms with Gasteiger partial charge in [0.1, 0.15) is 0 Å². The van der Waals surface area contributed by atoms with Crippen LogP contribution >= 0.6 is 0 Å². The first-order valence-electron chi connectivity index (χ1n) is 7.36. The van der Waals surface area contributed by atoms with Crippen molar-refractivity contribution in [3.63, 3.8) is 0 Å². The number of nitrogens with one attached hydrogen (secondary N) is 1. The molecule has 0 bridgehead atoms. The van der Waals surface area contributed by atoms with Crippen molar-refractivity contribution in [3.05, 3.63) is 56.5 Å². The molecular weight excluding hydrogens is 393 g/mol. The van der Waals surface area contributed by atoms with Crippen LogP contribution in [0.25, 0.3) is 0 Å². The van der Waals surface area contributed by atoms with E-state index in [2.05, 4.69) is 43.5 Å². The van der Waals surface area contributed by atoms with Crippen molar-refractivity contribution in [3.8, 4) is 0 Å². The SMILES string of the molecule is CC1=C(C)C(C)(NC(=O)c2ccccc2)[C]([Ti+2]([CH3])[CH3])=C1C.[Cl-].[Cl-].[SiH4]. The number of halogens is 2. The monoisotopic (exact) mass is 420 g/mol. The predicted molar refractivity (Wildman–Crippen MR) is 96.4 cm³/mol. The molecule has 1 N–H and O–H groups in total. The summed E-state index contributed by atoms with van der Waals surface area (Å²) in [6, 6.07) is 9.47. The van der Waals surface area contributed by atoms with Crippen molar-refractivity contribution in [2.75, 3.05) is 0 Å². The van der Waals surface area contributed by atoms with Gasteiger partial charge in [-0.1, -0.05) is 0 Å². The maximum atomic E-state index is 12.6. The molecule has 1 aromatic rings. The van der Waals surface area contributed by atoms with E-state index in [1.165, 1.54) is 20.6 Å². The van der Waals surface area contributed by atoms with Crippen LogP contribution < -0.4 is 30.1 Å². The van der Waals surface area contributed by atoms with Crippen molar-refractivity contribution in [1.29, 1.82) is 0 Å². The summed E-state index contributed by atoms with van der Waals surface area (Å²) in [7, 11) is 0. The van der Waals surface area contributed by atoms with Crippen LogP contribution in [0.5, 0.6) is 0 Å². The van der Waals surface area contributed by atoms with E-state index in [1.54, 1.807) is 0 Å². The third-order valence-electron chi connectivity index (χ3n) is 4.65. The maximum Gasteiger partial charge on any atom is -0.0149 e. The molecule has 1 aliphatic rings. The van der Waals surface area contributed by atoms with Gasteiger partial charge in [-0.3, -0.25) is 0 Å². The summed E-state index contributed by atoms with van der Waals surface area (Å²) in [4.78, 5) is 12.6. The molecule has 0 saturated heterocycles. The van der Waals surface area contributed by atoms with Crippen molar-refractivity contribution in [1.82, 2.24) is 5.32 Å². The van der Waals surface area contributed by atoms with Crippen LogP contribution in [0.15, 0.2) is 50.9 Å². The van der Waals surface area contributed by atoms with Gasteiger partial charge in [0.2, 0.25) is 0 Å². The Balaban J connectivity index is 0. The van der Waals surface area contributed by atoms with Gasteiger partial charge in [0.25, 0.3) is 0 Å². The van der Waals surface area contributed by atoms with Crippen molar-refractivity contribution in [2.24, 2.45) is 0 Å². The molecule has 1 aliphatic carbocycles. The Morgan fingerprint density at radius 1 is 1.00 bits per heavy atom. The Labute approximate surface area is 169 Å². The van der Waals surface area contributed by atoms with E-state index in [1.807, 2.05) is 30.3 Å². The topological polar surface area (TPSA) is 29.1 Å². The molecule has 0 spiro atoms. The fourth-order valence-corrected chi connectivity index (χ4v) is 6.74. The number of hydrogen-bond donors (Lipinski definition) is 1. The summed E-state index contributed by atoms with van der Waals surface area (Å²) in [5.41, 5.74) is 4.44. The van der Waals surface area contributed by atoms with E-state index in [9.17, 15) is 4.79 Å². The second kappa shape index (κ2) is 9.98. The molecule has 1 amide bonds. The first-order chi connectivity index (χ1) is 9.79. The molecule has 0 aromatic heterocycles. The fourth-order valence-electron chi connectivity index (χ4n) is 3.33. The van der Waals surface area contributed by atoms with Crippen LogP contribution in [-0.4, -0.2) is 22.4 Å². The Kier molecular flexibility index (Phi) is 10.8. The van der Waals surface area contributed by atoms with E-state index in [4.69, 9.17) is 0 Å². The zero-order valence-electron chi connectivity index (χ0n) is 14.6.